The fourth-order valence-corrected chi connectivity index (χ4v) is 4.21. The van der Waals surface area contributed by atoms with Crippen molar-refractivity contribution in [2.24, 2.45) is 5.92 Å². The molecule has 1 atom stereocenters. The number of rotatable bonds is 6. The molecule has 0 aromatic heterocycles. The van der Waals surface area contributed by atoms with E-state index >= 15 is 0 Å². The van der Waals surface area contributed by atoms with Crippen molar-refractivity contribution < 1.29 is 0 Å². The lowest BCUT2D eigenvalue weighted by atomic mass is 9.90. The normalized spacial score (nSPS) is 18.4. The van der Waals surface area contributed by atoms with E-state index in [-0.39, 0.29) is 0 Å². The van der Waals surface area contributed by atoms with Crippen molar-refractivity contribution in [3.63, 3.8) is 0 Å². The monoisotopic (exact) mass is 291 g/mol. The maximum absolute atomic E-state index is 3.53. The minimum absolute atomic E-state index is 0.629. The molecule has 20 heavy (non-hydrogen) atoms. The first-order valence-corrected chi connectivity index (χ1v) is 9.18. The van der Waals surface area contributed by atoms with Gasteiger partial charge in [0.25, 0.3) is 0 Å². The minimum atomic E-state index is 0.629. The van der Waals surface area contributed by atoms with Gasteiger partial charge >= 0.3 is 0 Å². The molecule has 2 rings (SSSR count). The maximum atomic E-state index is 3.53. The zero-order chi connectivity index (χ0) is 14.4. The lowest BCUT2D eigenvalue weighted by Gasteiger charge is -2.26. The molecule has 0 bridgehead atoms. The molecule has 1 aromatic carbocycles. The average molecular weight is 292 g/mol. The van der Waals surface area contributed by atoms with Gasteiger partial charge in [-0.1, -0.05) is 38.1 Å². The summed E-state index contributed by atoms with van der Waals surface area (Å²) in [6.07, 6.45) is 5.33. The Labute approximate surface area is 128 Å². The standard InChI is InChI=1S/C18H29NS/c1-14(2)17-6-4-15(5-7-17)12-18(19-3)13-16-8-10-20-11-9-16/h4-7,14,16,18-19H,8-13H2,1-3H3. The van der Waals surface area contributed by atoms with Crippen LogP contribution in [0.25, 0.3) is 0 Å². The van der Waals surface area contributed by atoms with E-state index in [2.05, 4.69) is 62.2 Å². The van der Waals surface area contributed by atoms with Crippen LogP contribution >= 0.6 is 11.8 Å². The zero-order valence-corrected chi connectivity index (χ0v) is 14.0. The Kier molecular flexibility index (Phi) is 6.44. The van der Waals surface area contributed by atoms with Crippen molar-refractivity contribution in [1.29, 1.82) is 0 Å². The van der Waals surface area contributed by atoms with Gasteiger partial charge in [0.2, 0.25) is 0 Å². The predicted octanol–water partition coefficient (Wildman–Crippen LogP) is 4.47. The van der Waals surface area contributed by atoms with E-state index in [1.165, 1.54) is 48.3 Å². The summed E-state index contributed by atoms with van der Waals surface area (Å²) in [6, 6.07) is 9.86. The van der Waals surface area contributed by atoms with Crippen molar-refractivity contribution in [2.75, 3.05) is 18.6 Å². The number of thioether (sulfide) groups is 1. The highest BCUT2D eigenvalue weighted by molar-refractivity contribution is 7.99. The number of likely N-dealkylation sites (N-methyl/N-ethyl adjacent to an activating group) is 1. The molecule has 0 aliphatic carbocycles. The van der Waals surface area contributed by atoms with E-state index in [4.69, 9.17) is 0 Å². The third-order valence-electron chi connectivity index (χ3n) is 4.50. The largest absolute Gasteiger partial charge is 0.317 e. The molecular formula is C18H29NS. The van der Waals surface area contributed by atoms with Crippen LogP contribution in [0.15, 0.2) is 24.3 Å². The number of benzene rings is 1. The molecule has 1 aliphatic heterocycles. The Morgan fingerprint density at radius 3 is 2.35 bits per heavy atom. The highest BCUT2D eigenvalue weighted by Gasteiger charge is 2.18. The molecular weight excluding hydrogens is 262 g/mol. The second kappa shape index (κ2) is 8.09. The highest BCUT2D eigenvalue weighted by Crippen LogP contribution is 2.27. The highest BCUT2D eigenvalue weighted by atomic mass is 32.2. The van der Waals surface area contributed by atoms with Gasteiger partial charge in [-0.2, -0.15) is 11.8 Å². The van der Waals surface area contributed by atoms with Crippen LogP contribution < -0.4 is 5.32 Å². The topological polar surface area (TPSA) is 12.0 Å². The fraction of sp³-hybridized carbons (Fsp3) is 0.667. The molecule has 0 amide bonds. The maximum Gasteiger partial charge on any atom is 0.0107 e. The smallest absolute Gasteiger partial charge is 0.0107 e. The van der Waals surface area contributed by atoms with Crippen LogP contribution in [-0.4, -0.2) is 24.6 Å². The van der Waals surface area contributed by atoms with Gasteiger partial charge in [-0.05, 0) is 67.2 Å². The Hall–Kier alpha value is -0.470. The summed E-state index contributed by atoms with van der Waals surface area (Å²) in [5, 5.41) is 3.53. The quantitative estimate of drug-likeness (QED) is 0.829. The van der Waals surface area contributed by atoms with Gasteiger partial charge in [-0.3, -0.25) is 0 Å². The van der Waals surface area contributed by atoms with Crippen LogP contribution in [-0.2, 0) is 6.42 Å². The molecule has 1 heterocycles. The Balaban J connectivity index is 1.88. The molecule has 2 heteroatoms. The summed E-state index contributed by atoms with van der Waals surface area (Å²) < 4.78 is 0. The Bertz CT molecular complexity index is 379. The van der Waals surface area contributed by atoms with Crippen molar-refractivity contribution in [3.8, 4) is 0 Å². The van der Waals surface area contributed by atoms with Crippen LogP contribution in [0.2, 0.25) is 0 Å². The van der Waals surface area contributed by atoms with Gasteiger partial charge in [0, 0.05) is 6.04 Å². The second-order valence-electron chi connectivity index (χ2n) is 6.38. The zero-order valence-electron chi connectivity index (χ0n) is 13.2. The molecule has 112 valence electrons. The van der Waals surface area contributed by atoms with Crippen molar-refractivity contribution >= 4 is 11.8 Å². The van der Waals surface area contributed by atoms with Gasteiger partial charge in [-0.25, -0.2) is 0 Å². The van der Waals surface area contributed by atoms with Gasteiger partial charge in [0.1, 0.15) is 0 Å². The molecule has 0 saturated carbocycles. The summed E-state index contributed by atoms with van der Waals surface area (Å²) in [5.74, 6) is 4.29. The predicted molar refractivity (Wildman–Crippen MR) is 91.7 cm³/mol. The lowest BCUT2D eigenvalue weighted by molar-refractivity contribution is 0.376. The summed E-state index contributed by atoms with van der Waals surface area (Å²) in [7, 11) is 2.12. The van der Waals surface area contributed by atoms with Crippen LogP contribution in [0.4, 0.5) is 0 Å². The molecule has 0 spiro atoms. The van der Waals surface area contributed by atoms with Crippen molar-refractivity contribution in [3.05, 3.63) is 35.4 Å². The van der Waals surface area contributed by atoms with Gasteiger partial charge in [0.15, 0.2) is 0 Å². The van der Waals surface area contributed by atoms with E-state index in [0.29, 0.717) is 12.0 Å². The molecule has 1 aromatic rings. The fourth-order valence-electron chi connectivity index (χ4n) is 3.01. The molecule has 1 nitrogen and oxygen atoms in total. The van der Waals surface area contributed by atoms with E-state index in [1.54, 1.807) is 0 Å². The summed E-state index contributed by atoms with van der Waals surface area (Å²) in [5.41, 5.74) is 2.91. The van der Waals surface area contributed by atoms with E-state index in [9.17, 15) is 0 Å². The van der Waals surface area contributed by atoms with Crippen LogP contribution in [0, 0.1) is 5.92 Å². The third-order valence-corrected chi connectivity index (χ3v) is 5.54. The first-order valence-electron chi connectivity index (χ1n) is 8.03. The molecule has 1 aliphatic rings. The first-order chi connectivity index (χ1) is 9.69. The minimum Gasteiger partial charge on any atom is -0.317 e. The Morgan fingerprint density at radius 1 is 1.15 bits per heavy atom. The van der Waals surface area contributed by atoms with E-state index in [1.807, 2.05) is 0 Å². The van der Waals surface area contributed by atoms with Crippen LogP contribution in [0.3, 0.4) is 0 Å². The van der Waals surface area contributed by atoms with Crippen LogP contribution in [0.1, 0.15) is 50.2 Å². The summed E-state index contributed by atoms with van der Waals surface area (Å²) in [6.45, 7) is 4.51. The van der Waals surface area contributed by atoms with Gasteiger partial charge in [-0.15, -0.1) is 0 Å². The first kappa shape index (κ1) is 15.9. The van der Waals surface area contributed by atoms with Gasteiger partial charge in [0.05, 0.1) is 0 Å². The molecule has 1 N–H and O–H groups in total. The van der Waals surface area contributed by atoms with Crippen molar-refractivity contribution in [1.82, 2.24) is 5.32 Å². The molecule has 1 unspecified atom stereocenters. The van der Waals surface area contributed by atoms with Crippen molar-refractivity contribution in [2.45, 2.75) is 51.5 Å². The van der Waals surface area contributed by atoms with E-state index in [0.717, 1.165) is 5.92 Å². The SMILES string of the molecule is CNC(Cc1ccc(C(C)C)cc1)CC1CCSCC1. The number of hydrogen-bond donors (Lipinski definition) is 1. The average Bonchev–Trinajstić information content (AvgIpc) is 2.48. The third kappa shape index (κ3) is 4.82. The van der Waals surface area contributed by atoms with E-state index < -0.39 is 0 Å². The second-order valence-corrected chi connectivity index (χ2v) is 7.60. The van der Waals surface area contributed by atoms with Crippen LogP contribution in [0.5, 0.6) is 0 Å². The lowest BCUT2D eigenvalue weighted by Crippen LogP contribution is -2.31. The number of nitrogens with one attached hydrogen (secondary N) is 1. The summed E-state index contributed by atoms with van der Waals surface area (Å²) >= 11 is 2.12. The summed E-state index contributed by atoms with van der Waals surface area (Å²) in [4.78, 5) is 0. The van der Waals surface area contributed by atoms with Gasteiger partial charge < -0.3 is 5.32 Å². The Morgan fingerprint density at radius 2 is 1.80 bits per heavy atom. The molecule has 1 fully saturated rings. The molecule has 1 saturated heterocycles. The number of hydrogen-bond acceptors (Lipinski definition) is 2. The molecule has 0 radical (unpaired) electrons.